The van der Waals surface area contributed by atoms with E-state index in [1.807, 2.05) is 38.1 Å². The van der Waals surface area contributed by atoms with E-state index in [1.54, 1.807) is 27.2 Å². The van der Waals surface area contributed by atoms with Crippen LogP contribution in [0.4, 0.5) is 0 Å². The Bertz CT molecular complexity index is 489. The van der Waals surface area contributed by atoms with Gasteiger partial charge in [-0.3, -0.25) is 4.79 Å². The summed E-state index contributed by atoms with van der Waals surface area (Å²) in [5.74, 6) is 1.17. The van der Waals surface area contributed by atoms with E-state index in [0.29, 0.717) is 12.4 Å². The third-order valence-electron chi connectivity index (χ3n) is 2.92. The normalized spacial score (nSPS) is 11.4. The maximum Gasteiger partial charge on any atom is 0.315 e. The predicted octanol–water partition coefficient (Wildman–Crippen LogP) is 3.31. The van der Waals surface area contributed by atoms with Crippen molar-refractivity contribution in [3.63, 3.8) is 0 Å². The van der Waals surface area contributed by atoms with E-state index in [0.717, 1.165) is 11.3 Å². The molecule has 0 heterocycles. The van der Waals surface area contributed by atoms with Crippen molar-refractivity contribution in [1.82, 2.24) is 0 Å². The Morgan fingerprint density at radius 3 is 2.50 bits per heavy atom. The third kappa shape index (κ3) is 4.02. The zero-order chi connectivity index (χ0) is 15.2. The van der Waals surface area contributed by atoms with Crippen molar-refractivity contribution in [2.24, 2.45) is 5.41 Å². The van der Waals surface area contributed by atoms with Gasteiger partial charge in [-0.05, 0) is 32.9 Å². The standard InChI is InChI=1S/C16H22O4/c1-6-20-15(17)16(2,3)10-9-12-7-8-13(18-4)11-14(12)19-5/h7-11H,6H2,1-5H3/b10-9+. The van der Waals surface area contributed by atoms with E-state index in [1.165, 1.54) is 0 Å². The molecule has 1 rings (SSSR count). The fourth-order valence-electron chi connectivity index (χ4n) is 1.64. The molecule has 110 valence electrons. The quantitative estimate of drug-likeness (QED) is 0.749. The zero-order valence-electron chi connectivity index (χ0n) is 12.7. The van der Waals surface area contributed by atoms with E-state index in [-0.39, 0.29) is 5.97 Å². The second-order valence-corrected chi connectivity index (χ2v) is 4.88. The Labute approximate surface area is 120 Å². The Hall–Kier alpha value is -1.97. The molecular formula is C16H22O4. The summed E-state index contributed by atoms with van der Waals surface area (Å²) < 4.78 is 15.5. The highest BCUT2D eigenvalue weighted by Crippen LogP contribution is 2.28. The van der Waals surface area contributed by atoms with Gasteiger partial charge in [0.15, 0.2) is 0 Å². The summed E-state index contributed by atoms with van der Waals surface area (Å²) in [5.41, 5.74) is 0.201. The van der Waals surface area contributed by atoms with E-state index >= 15 is 0 Å². The molecule has 0 aliphatic heterocycles. The first-order valence-corrected chi connectivity index (χ1v) is 6.53. The van der Waals surface area contributed by atoms with Crippen molar-refractivity contribution in [2.75, 3.05) is 20.8 Å². The van der Waals surface area contributed by atoms with Crippen LogP contribution < -0.4 is 9.47 Å². The topological polar surface area (TPSA) is 44.8 Å². The lowest BCUT2D eigenvalue weighted by Gasteiger charge is -2.18. The summed E-state index contributed by atoms with van der Waals surface area (Å²) in [6.07, 6.45) is 3.67. The number of ether oxygens (including phenoxy) is 3. The van der Waals surface area contributed by atoms with Gasteiger partial charge in [-0.25, -0.2) is 0 Å². The third-order valence-corrected chi connectivity index (χ3v) is 2.92. The molecule has 0 unspecified atom stereocenters. The fraction of sp³-hybridized carbons (Fsp3) is 0.438. The number of benzene rings is 1. The van der Waals surface area contributed by atoms with Crippen LogP contribution in [0.15, 0.2) is 24.3 Å². The van der Waals surface area contributed by atoms with Crippen molar-refractivity contribution in [2.45, 2.75) is 20.8 Å². The monoisotopic (exact) mass is 278 g/mol. The lowest BCUT2D eigenvalue weighted by atomic mass is 9.92. The largest absolute Gasteiger partial charge is 0.497 e. The van der Waals surface area contributed by atoms with Crippen LogP contribution in [-0.4, -0.2) is 26.8 Å². The lowest BCUT2D eigenvalue weighted by molar-refractivity contribution is -0.150. The first-order chi connectivity index (χ1) is 9.44. The lowest BCUT2D eigenvalue weighted by Crippen LogP contribution is -2.24. The van der Waals surface area contributed by atoms with Crippen LogP contribution in [0.5, 0.6) is 11.5 Å². The number of hydrogen-bond acceptors (Lipinski definition) is 4. The van der Waals surface area contributed by atoms with Crippen LogP contribution in [0, 0.1) is 5.41 Å². The van der Waals surface area contributed by atoms with Crippen molar-refractivity contribution >= 4 is 12.0 Å². The molecule has 0 aromatic heterocycles. The Balaban J connectivity index is 2.97. The summed E-state index contributed by atoms with van der Waals surface area (Å²) >= 11 is 0. The van der Waals surface area contributed by atoms with E-state index in [9.17, 15) is 4.79 Å². The van der Waals surface area contributed by atoms with Gasteiger partial charge in [0.1, 0.15) is 11.5 Å². The molecule has 0 saturated heterocycles. The molecule has 4 heteroatoms. The van der Waals surface area contributed by atoms with Gasteiger partial charge in [-0.1, -0.05) is 12.2 Å². The molecule has 4 nitrogen and oxygen atoms in total. The van der Waals surface area contributed by atoms with Crippen LogP contribution in [0.25, 0.3) is 6.08 Å². The molecule has 0 fully saturated rings. The van der Waals surface area contributed by atoms with Crippen molar-refractivity contribution in [3.8, 4) is 11.5 Å². The minimum Gasteiger partial charge on any atom is -0.497 e. The van der Waals surface area contributed by atoms with Crippen LogP contribution in [0.1, 0.15) is 26.3 Å². The van der Waals surface area contributed by atoms with Crippen molar-refractivity contribution in [3.05, 3.63) is 29.8 Å². The van der Waals surface area contributed by atoms with Gasteiger partial charge in [0, 0.05) is 11.6 Å². The molecule has 0 atom stereocenters. The van der Waals surface area contributed by atoms with Crippen molar-refractivity contribution in [1.29, 1.82) is 0 Å². The maximum atomic E-state index is 11.8. The summed E-state index contributed by atoms with van der Waals surface area (Å²) in [7, 11) is 3.21. The average Bonchev–Trinajstić information content (AvgIpc) is 2.45. The molecule has 0 amide bonds. The second-order valence-electron chi connectivity index (χ2n) is 4.88. The molecular weight excluding hydrogens is 256 g/mol. The Morgan fingerprint density at radius 2 is 1.95 bits per heavy atom. The highest BCUT2D eigenvalue weighted by molar-refractivity contribution is 5.80. The first kappa shape index (κ1) is 16.1. The van der Waals surface area contributed by atoms with Crippen LogP contribution >= 0.6 is 0 Å². The minimum atomic E-state index is -0.680. The molecule has 0 aliphatic rings. The SMILES string of the molecule is CCOC(=O)C(C)(C)/C=C/c1ccc(OC)cc1OC. The van der Waals surface area contributed by atoms with Gasteiger partial charge < -0.3 is 14.2 Å². The van der Waals surface area contributed by atoms with E-state index in [4.69, 9.17) is 14.2 Å². The molecule has 20 heavy (non-hydrogen) atoms. The number of carbonyl (C=O) groups is 1. The molecule has 1 aromatic carbocycles. The molecule has 0 N–H and O–H groups in total. The zero-order valence-corrected chi connectivity index (χ0v) is 12.7. The molecule has 0 radical (unpaired) electrons. The van der Waals surface area contributed by atoms with Gasteiger partial charge in [0.05, 0.1) is 26.2 Å². The Kier molecular flexibility index (Phi) is 5.62. The molecule has 0 bridgehead atoms. The number of hydrogen-bond donors (Lipinski definition) is 0. The van der Waals surface area contributed by atoms with E-state index < -0.39 is 5.41 Å². The molecule has 0 aliphatic carbocycles. The van der Waals surface area contributed by atoms with Crippen molar-refractivity contribution < 1.29 is 19.0 Å². The fourth-order valence-corrected chi connectivity index (χ4v) is 1.64. The van der Waals surface area contributed by atoms with Gasteiger partial charge in [-0.2, -0.15) is 0 Å². The smallest absolute Gasteiger partial charge is 0.315 e. The highest BCUT2D eigenvalue weighted by atomic mass is 16.5. The van der Waals surface area contributed by atoms with Crippen LogP contribution in [0.3, 0.4) is 0 Å². The Morgan fingerprint density at radius 1 is 1.25 bits per heavy atom. The minimum absolute atomic E-state index is 0.247. The number of esters is 1. The maximum absolute atomic E-state index is 11.8. The first-order valence-electron chi connectivity index (χ1n) is 6.53. The average molecular weight is 278 g/mol. The highest BCUT2D eigenvalue weighted by Gasteiger charge is 2.25. The summed E-state index contributed by atoms with van der Waals surface area (Å²) in [4.78, 5) is 11.8. The summed E-state index contributed by atoms with van der Waals surface area (Å²) in [6, 6.07) is 5.53. The second kappa shape index (κ2) is 6.98. The molecule has 1 aromatic rings. The van der Waals surface area contributed by atoms with E-state index in [2.05, 4.69) is 0 Å². The molecule has 0 spiro atoms. The predicted molar refractivity (Wildman–Crippen MR) is 79.0 cm³/mol. The van der Waals surface area contributed by atoms with Gasteiger partial charge in [0.2, 0.25) is 0 Å². The van der Waals surface area contributed by atoms with Gasteiger partial charge in [0.25, 0.3) is 0 Å². The van der Waals surface area contributed by atoms with Gasteiger partial charge >= 0.3 is 5.97 Å². The number of rotatable bonds is 6. The molecule has 0 saturated carbocycles. The summed E-state index contributed by atoms with van der Waals surface area (Å²) in [6.45, 7) is 5.81. The van der Waals surface area contributed by atoms with Crippen LogP contribution in [0.2, 0.25) is 0 Å². The number of carbonyl (C=O) groups excluding carboxylic acids is 1. The number of methoxy groups -OCH3 is 2. The summed E-state index contributed by atoms with van der Waals surface area (Å²) in [5, 5.41) is 0. The van der Waals surface area contributed by atoms with Gasteiger partial charge in [-0.15, -0.1) is 0 Å². The van der Waals surface area contributed by atoms with Crippen LogP contribution in [-0.2, 0) is 9.53 Å².